The summed E-state index contributed by atoms with van der Waals surface area (Å²) in [6, 6.07) is 7.35. The number of rotatable bonds is 7. The molecule has 0 bridgehead atoms. The number of benzene rings is 1. The molecule has 0 spiro atoms. The first kappa shape index (κ1) is 18.7. The van der Waals surface area contributed by atoms with Gasteiger partial charge in [-0.25, -0.2) is 0 Å². The summed E-state index contributed by atoms with van der Waals surface area (Å²) in [7, 11) is 0. The Balaban J connectivity index is 1.73. The van der Waals surface area contributed by atoms with Crippen LogP contribution in [0.25, 0.3) is 0 Å². The maximum Gasteiger partial charge on any atom is 0.234 e. The van der Waals surface area contributed by atoms with Gasteiger partial charge in [0, 0.05) is 6.54 Å². The lowest BCUT2D eigenvalue weighted by atomic mass is 9.99. The number of aliphatic hydroxyl groups excluding tert-OH is 1. The molecule has 1 heterocycles. The van der Waals surface area contributed by atoms with E-state index >= 15 is 0 Å². The quantitative estimate of drug-likeness (QED) is 0.803. The standard InChI is InChI=1S/C19H30N2O3/c1-14(2)24-17-6-4-16(5-7-17)18(22)12-20-19(23)13-21-10-8-15(3)9-11-21/h4-7,14-15,18,22H,8-13H2,1-3H3,(H,20,23). The maximum atomic E-state index is 12.0. The van der Waals surface area contributed by atoms with Gasteiger partial charge in [-0.05, 0) is 63.4 Å². The van der Waals surface area contributed by atoms with Crippen LogP contribution < -0.4 is 10.1 Å². The zero-order valence-electron chi connectivity index (χ0n) is 15.0. The molecule has 0 radical (unpaired) electrons. The van der Waals surface area contributed by atoms with Crippen LogP contribution in [-0.4, -0.2) is 48.2 Å². The lowest BCUT2D eigenvalue weighted by Crippen LogP contribution is -2.42. The van der Waals surface area contributed by atoms with E-state index in [0.29, 0.717) is 6.54 Å². The summed E-state index contributed by atoms with van der Waals surface area (Å²) < 4.78 is 5.58. The van der Waals surface area contributed by atoms with Crippen molar-refractivity contribution in [1.82, 2.24) is 10.2 Å². The van der Waals surface area contributed by atoms with Crippen molar-refractivity contribution >= 4 is 5.91 Å². The fourth-order valence-electron chi connectivity index (χ4n) is 2.85. The number of likely N-dealkylation sites (tertiary alicyclic amines) is 1. The minimum absolute atomic E-state index is 0.0247. The zero-order chi connectivity index (χ0) is 17.5. The van der Waals surface area contributed by atoms with Crippen LogP contribution in [0.2, 0.25) is 0 Å². The highest BCUT2D eigenvalue weighted by molar-refractivity contribution is 5.78. The second-order valence-corrected chi connectivity index (χ2v) is 7.01. The van der Waals surface area contributed by atoms with Gasteiger partial charge in [0.25, 0.3) is 0 Å². The van der Waals surface area contributed by atoms with E-state index < -0.39 is 6.10 Å². The Labute approximate surface area is 145 Å². The highest BCUT2D eigenvalue weighted by Crippen LogP contribution is 2.18. The highest BCUT2D eigenvalue weighted by atomic mass is 16.5. The van der Waals surface area contributed by atoms with Crippen LogP contribution >= 0.6 is 0 Å². The van der Waals surface area contributed by atoms with Crippen LogP contribution in [-0.2, 0) is 4.79 Å². The SMILES string of the molecule is CC1CCN(CC(=O)NCC(O)c2ccc(OC(C)C)cc2)CC1. The van der Waals surface area contributed by atoms with E-state index in [-0.39, 0.29) is 18.6 Å². The molecule has 5 heteroatoms. The fourth-order valence-corrected chi connectivity index (χ4v) is 2.85. The number of hydrogen-bond donors (Lipinski definition) is 2. The molecule has 0 aliphatic carbocycles. The van der Waals surface area contributed by atoms with E-state index in [4.69, 9.17) is 4.74 Å². The molecule has 0 aromatic heterocycles. The Morgan fingerprint density at radius 2 is 1.92 bits per heavy atom. The van der Waals surface area contributed by atoms with Gasteiger partial charge in [-0.1, -0.05) is 19.1 Å². The van der Waals surface area contributed by atoms with Gasteiger partial charge < -0.3 is 15.2 Å². The number of piperidine rings is 1. The number of amides is 1. The smallest absolute Gasteiger partial charge is 0.234 e. The Morgan fingerprint density at radius 1 is 1.29 bits per heavy atom. The third kappa shape index (κ3) is 6.13. The summed E-state index contributed by atoms with van der Waals surface area (Å²) >= 11 is 0. The minimum atomic E-state index is -0.705. The van der Waals surface area contributed by atoms with E-state index in [0.717, 1.165) is 43.2 Å². The third-order valence-corrected chi connectivity index (χ3v) is 4.37. The van der Waals surface area contributed by atoms with Crippen LogP contribution in [0.1, 0.15) is 45.3 Å². The van der Waals surface area contributed by atoms with Gasteiger partial charge in [-0.2, -0.15) is 0 Å². The number of carbonyl (C=O) groups excluding carboxylic acids is 1. The van der Waals surface area contributed by atoms with Crippen LogP contribution in [0.4, 0.5) is 0 Å². The van der Waals surface area contributed by atoms with E-state index in [1.807, 2.05) is 38.1 Å². The van der Waals surface area contributed by atoms with Gasteiger partial charge in [-0.15, -0.1) is 0 Å². The van der Waals surface area contributed by atoms with E-state index in [1.165, 1.54) is 0 Å². The van der Waals surface area contributed by atoms with Crippen molar-refractivity contribution in [2.24, 2.45) is 5.92 Å². The number of hydrogen-bond acceptors (Lipinski definition) is 4. The zero-order valence-corrected chi connectivity index (χ0v) is 15.0. The first-order valence-corrected chi connectivity index (χ1v) is 8.87. The molecular formula is C19H30N2O3. The predicted molar refractivity (Wildman–Crippen MR) is 95.0 cm³/mol. The molecule has 1 fully saturated rings. The largest absolute Gasteiger partial charge is 0.491 e. The lowest BCUT2D eigenvalue weighted by molar-refractivity contribution is -0.123. The summed E-state index contributed by atoms with van der Waals surface area (Å²) in [5.41, 5.74) is 0.776. The summed E-state index contributed by atoms with van der Waals surface area (Å²) in [6.45, 7) is 8.81. The van der Waals surface area contributed by atoms with Crippen LogP contribution in [0, 0.1) is 5.92 Å². The highest BCUT2D eigenvalue weighted by Gasteiger charge is 2.18. The van der Waals surface area contributed by atoms with Crippen molar-refractivity contribution in [2.75, 3.05) is 26.2 Å². The van der Waals surface area contributed by atoms with Gasteiger partial charge in [0.2, 0.25) is 5.91 Å². The molecule has 1 aromatic carbocycles. The molecule has 1 aromatic rings. The van der Waals surface area contributed by atoms with Gasteiger partial charge in [0.15, 0.2) is 0 Å². The Hall–Kier alpha value is -1.59. The molecule has 1 aliphatic rings. The van der Waals surface area contributed by atoms with Crippen molar-refractivity contribution in [3.63, 3.8) is 0 Å². The first-order valence-electron chi connectivity index (χ1n) is 8.87. The van der Waals surface area contributed by atoms with Gasteiger partial charge in [0.1, 0.15) is 5.75 Å². The molecule has 1 saturated heterocycles. The first-order chi connectivity index (χ1) is 11.4. The molecule has 1 atom stereocenters. The summed E-state index contributed by atoms with van der Waals surface area (Å²) in [5.74, 6) is 1.52. The molecular weight excluding hydrogens is 304 g/mol. The van der Waals surface area contributed by atoms with E-state index in [9.17, 15) is 9.90 Å². The van der Waals surface area contributed by atoms with Crippen LogP contribution in [0.15, 0.2) is 24.3 Å². The average molecular weight is 334 g/mol. The fraction of sp³-hybridized carbons (Fsp3) is 0.632. The van der Waals surface area contributed by atoms with E-state index in [2.05, 4.69) is 17.1 Å². The summed E-state index contributed by atoms with van der Waals surface area (Å²) in [4.78, 5) is 14.2. The number of carbonyl (C=O) groups is 1. The lowest BCUT2D eigenvalue weighted by Gasteiger charge is -2.29. The molecule has 134 valence electrons. The minimum Gasteiger partial charge on any atom is -0.491 e. The predicted octanol–water partition coefficient (Wildman–Crippen LogP) is 2.36. The molecule has 2 rings (SSSR count). The number of aliphatic hydroxyl groups is 1. The average Bonchev–Trinajstić information content (AvgIpc) is 2.55. The molecule has 1 unspecified atom stereocenters. The monoisotopic (exact) mass is 334 g/mol. The van der Waals surface area contributed by atoms with Crippen molar-refractivity contribution in [3.8, 4) is 5.75 Å². The Bertz CT molecular complexity index is 508. The second kappa shape index (κ2) is 9.04. The maximum absolute atomic E-state index is 12.0. The van der Waals surface area contributed by atoms with Crippen molar-refractivity contribution in [2.45, 2.75) is 45.8 Å². The summed E-state index contributed by atoms with van der Waals surface area (Å²) in [5, 5.41) is 13.0. The van der Waals surface area contributed by atoms with Crippen LogP contribution in [0.5, 0.6) is 5.75 Å². The number of ether oxygens (including phenoxy) is 1. The van der Waals surface area contributed by atoms with Crippen molar-refractivity contribution < 1.29 is 14.6 Å². The second-order valence-electron chi connectivity index (χ2n) is 7.01. The number of nitrogens with one attached hydrogen (secondary N) is 1. The molecule has 1 aliphatic heterocycles. The molecule has 0 saturated carbocycles. The summed E-state index contributed by atoms with van der Waals surface area (Å²) in [6.07, 6.45) is 1.72. The number of nitrogens with zero attached hydrogens (tertiary/aromatic N) is 1. The van der Waals surface area contributed by atoms with Gasteiger partial charge in [-0.3, -0.25) is 9.69 Å². The van der Waals surface area contributed by atoms with Gasteiger partial charge >= 0.3 is 0 Å². The van der Waals surface area contributed by atoms with E-state index in [1.54, 1.807) is 0 Å². The van der Waals surface area contributed by atoms with Crippen LogP contribution in [0.3, 0.4) is 0 Å². The van der Waals surface area contributed by atoms with Gasteiger partial charge in [0.05, 0.1) is 18.8 Å². The molecule has 5 nitrogen and oxygen atoms in total. The normalized spacial score (nSPS) is 17.7. The molecule has 24 heavy (non-hydrogen) atoms. The van der Waals surface area contributed by atoms with Crippen molar-refractivity contribution in [3.05, 3.63) is 29.8 Å². The molecule has 1 amide bonds. The topological polar surface area (TPSA) is 61.8 Å². The Kier molecular flexibility index (Phi) is 7.06. The molecule has 2 N–H and O–H groups in total. The van der Waals surface area contributed by atoms with Crippen molar-refractivity contribution in [1.29, 1.82) is 0 Å². The third-order valence-electron chi connectivity index (χ3n) is 4.37. The Morgan fingerprint density at radius 3 is 2.50 bits per heavy atom.